The third-order valence-corrected chi connectivity index (χ3v) is 5.33. The summed E-state index contributed by atoms with van der Waals surface area (Å²) < 4.78 is 5.13. The number of nitrogens with two attached hydrogens (primary N) is 1. The number of hydrogen-bond donors (Lipinski definition) is 2. The van der Waals surface area contributed by atoms with Crippen LogP contribution in [0, 0.1) is 0 Å². The Kier molecular flexibility index (Phi) is 7.80. The maximum absolute atomic E-state index is 6.10. The fourth-order valence-corrected chi connectivity index (χ4v) is 3.89. The summed E-state index contributed by atoms with van der Waals surface area (Å²) in [4.78, 5) is 8.33. The molecule has 2 aromatic rings. The number of nitrogens with one attached hydrogen (secondary N) is 1. The first-order valence-electron chi connectivity index (χ1n) is 7.84. The predicted octanol–water partition coefficient (Wildman–Crippen LogP) is 3.81. The standard InChI is InChI=1S/C17H21ClN4OS.HI/c1-23-15-3-2-13(10-14(15)18)21-17(19)20-6-8-22-7-4-16-12(11-22)5-9-24-16;/h2-3,5,9-10H,4,6-8,11H2,1H3,(H3,19,20,21);1H. The zero-order valence-corrected chi connectivity index (χ0v) is 17.9. The molecule has 136 valence electrons. The molecule has 0 unspecified atom stereocenters. The molecule has 0 atom stereocenters. The Hall–Kier alpha value is -1.03. The molecule has 0 spiro atoms. The molecular weight excluding hydrogens is 471 g/mol. The van der Waals surface area contributed by atoms with Crippen LogP contribution in [-0.2, 0) is 13.0 Å². The number of halogens is 2. The van der Waals surface area contributed by atoms with Crippen molar-refractivity contribution in [3.05, 3.63) is 45.1 Å². The summed E-state index contributed by atoms with van der Waals surface area (Å²) in [5.74, 6) is 1.03. The van der Waals surface area contributed by atoms with Gasteiger partial charge in [0.15, 0.2) is 5.96 Å². The zero-order valence-electron chi connectivity index (χ0n) is 14.0. The maximum atomic E-state index is 6.10. The molecule has 0 saturated carbocycles. The topological polar surface area (TPSA) is 62.9 Å². The molecule has 5 nitrogen and oxygen atoms in total. The number of hydrogen-bond acceptors (Lipinski definition) is 4. The number of aliphatic imine (C=N–C) groups is 1. The molecule has 1 aliphatic heterocycles. The minimum absolute atomic E-state index is 0. The molecule has 0 aliphatic carbocycles. The fraction of sp³-hybridized carbons (Fsp3) is 0.353. The maximum Gasteiger partial charge on any atom is 0.193 e. The van der Waals surface area contributed by atoms with E-state index >= 15 is 0 Å². The zero-order chi connectivity index (χ0) is 16.9. The van der Waals surface area contributed by atoms with Gasteiger partial charge in [0.25, 0.3) is 0 Å². The minimum Gasteiger partial charge on any atom is -0.495 e. The van der Waals surface area contributed by atoms with Crippen LogP contribution in [-0.4, -0.2) is 37.6 Å². The van der Waals surface area contributed by atoms with Gasteiger partial charge >= 0.3 is 0 Å². The van der Waals surface area contributed by atoms with E-state index in [-0.39, 0.29) is 24.0 Å². The molecule has 25 heavy (non-hydrogen) atoms. The van der Waals surface area contributed by atoms with Gasteiger partial charge in [0, 0.05) is 30.2 Å². The molecule has 2 heterocycles. The number of nitrogens with zero attached hydrogens (tertiary/aromatic N) is 2. The molecule has 0 saturated heterocycles. The molecule has 1 aliphatic rings. The Bertz CT molecular complexity index is 737. The lowest BCUT2D eigenvalue weighted by Gasteiger charge is -2.26. The first-order chi connectivity index (χ1) is 11.7. The molecular formula is C17H22ClIN4OS. The molecule has 3 rings (SSSR count). The average Bonchev–Trinajstić information content (AvgIpc) is 3.03. The number of methoxy groups -OCH3 is 1. The molecule has 0 fully saturated rings. The van der Waals surface area contributed by atoms with Gasteiger partial charge in [0.1, 0.15) is 5.75 Å². The van der Waals surface area contributed by atoms with Crippen molar-refractivity contribution >= 4 is 58.6 Å². The van der Waals surface area contributed by atoms with Gasteiger partial charge in [0.2, 0.25) is 0 Å². The van der Waals surface area contributed by atoms with Crippen LogP contribution in [0.2, 0.25) is 5.02 Å². The smallest absolute Gasteiger partial charge is 0.193 e. The van der Waals surface area contributed by atoms with Gasteiger partial charge in [0.05, 0.1) is 18.7 Å². The van der Waals surface area contributed by atoms with E-state index in [9.17, 15) is 0 Å². The van der Waals surface area contributed by atoms with Crippen LogP contribution in [0.4, 0.5) is 5.69 Å². The quantitative estimate of drug-likeness (QED) is 0.378. The lowest BCUT2D eigenvalue weighted by Crippen LogP contribution is -2.32. The molecule has 1 aromatic carbocycles. The summed E-state index contributed by atoms with van der Waals surface area (Å²) in [5, 5.41) is 5.77. The summed E-state index contributed by atoms with van der Waals surface area (Å²) >= 11 is 7.96. The lowest BCUT2D eigenvalue weighted by atomic mass is 10.1. The average molecular weight is 493 g/mol. The number of thiophene rings is 1. The highest BCUT2D eigenvalue weighted by atomic mass is 127. The van der Waals surface area contributed by atoms with Crippen LogP contribution < -0.4 is 15.8 Å². The van der Waals surface area contributed by atoms with Gasteiger partial charge in [-0.05, 0) is 41.6 Å². The number of rotatable bonds is 5. The second-order valence-corrected chi connectivity index (χ2v) is 7.04. The summed E-state index contributed by atoms with van der Waals surface area (Å²) in [6.45, 7) is 3.67. The van der Waals surface area contributed by atoms with Crippen LogP contribution in [0.25, 0.3) is 0 Å². The van der Waals surface area contributed by atoms with Gasteiger partial charge < -0.3 is 15.8 Å². The minimum atomic E-state index is 0. The third kappa shape index (κ3) is 5.47. The predicted molar refractivity (Wildman–Crippen MR) is 117 cm³/mol. The first-order valence-corrected chi connectivity index (χ1v) is 9.09. The summed E-state index contributed by atoms with van der Waals surface area (Å²) in [6, 6.07) is 7.64. The number of anilines is 1. The highest BCUT2D eigenvalue weighted by molar-refractivity contribution is 14.0. The number of ether oxygens (including phenoxy) is 1. The Morgan fingerprint density at radius 3 is 3.04 bits per heavy atom. The summed E-state index contributed by atoms with van der Waals surface area (Å²) in [6.07, 6.45) is 1.13. The third-order valence-electron chi connectivity index (χ3n) is 4.01. The molecule has 0 bridgehead atoms. The molecule has 8 heteroatoms. The lowest BCUT2D eigenvalue weighted by molar-refractivity contribution is 0.264. The number of fused-ring (bicyclic) bond motifs is 1. The van der Waals surface area contributed by atoms with Crippen molar-refractivity contribution in [3.8, 4) is 5.75 Å². The van der Waals surface area contributed by atoms with Crippen LogP contribution in [0.3, 0.4) is 0 Å². The Labute approximate surface area is 174 Å². The monoisotopic (exact) mass is 492 g/mol. The van der Waals surface area contributed by atoms with Crippen molar-refractivity contribution in [2.24, 2.45) is 10.7 Å². The highest BCUT2D eigenvalue weighted by Gasteiger charge is 2.16. The van der Waals surface area contributed by atoms with Gasteiger partial charge in [-0.25, -0.2) is 0 Å². The van der Waals surface area contributed by atoms with Crippen LogP contribution in [0.1, 0.15) is 10.4 Å². The van der Waals surface area contributed by atoms with Gasteiger partial charge in [-0.3, -0.25) is 9.89 Å². The first kappa shape index (κ1) is 20.3. The van der Waals surface area contributed by atoms with Crippen LogP contribution >= 0.6 is 46.9 Å². The van der Waals surface area contributed by atoms with E-state index in [0.717, 1.165) is 31.7 Å². The van der Waals surface area contributed by atoms with E-state index in [1.54, 1.807) is 19.2 Å². The van der Waals surface area contributed by atoms with Crippen molar-refractivity contribution < 1.29 is 4.74 Å². The van der Waals surface area contributed by atoms with Gasteiger partial charge in [-0.2, -0.15) is 0 Å². The van der Waals surface area contributed by atoms with Crippen molar-refractivity contribution in [2.45, 2.75) is 13.0 Å². The Morgan fingerprint density at radius 2 is 2.28 bits per heavy atom. The Balaban J connectivity index is 0.00000225. The summed E-state index contributed by atoms with van der Waals surface area (Å²) in [5.41, 5.74) is 8.20. The summed E-state index contributed by atoms with van der Waals surface area (Å²) in [7, 11) is 1.59. The van der Waals surface area contributed by atoms with E-state index in [4.69, 9.17) is 22.1 Å². The van der Waals surface area contributed by atoms with Crippen molar-refractivity contribution in [3.63, 3.8) is 0 Å². The van der Waals surface area contributed by atoms with Crippen LogP contribution in [0.15, 0.2) is 34.6 Å². The van der Waals surface area contributed by atoms with Gasteiger partial charge in [-0.15, -0.1) is 35.3 Å². The van der Waals surface area contributed by atoms with E-state index in [0.29, 0.717) is 23.3 Å². The molecule has 0 radical (unpaired) electrons. The SMILES string of the molecule is COc1ccc(NC(N)=NCCN2CCc3sccc3C2)cc1Cl.I. The highest BCUT2D eigenvalue weighted by Crippen LogP contribution is 2.27. The van der Waals surface area contributed by atoms with Crippen molar-refractivity contribution in [1.82, 2.24) is 4.90 Å². The second-order valence-electron chi connectivity index (χ2n) is 5.64. The van der Waals surface area contributed by atoms with Crippen LogP contribution in [0.5, 0.6) is 5.75 Å². The Morgan fingerprint density at radius 1 is 1.44 bits per heavy atom. The van der Waals surface area contributed by atoms with E-state index < -0.39 is 0 Å². The number of guanidine groups is 1. The largest absolute Gasteiger partial charge is 0.495 e. The molecule has 3 N–H and O–H groups in total. The fourth-order valence-electron chi connectivity index (χ4n) is 2.74. The molecule has 1 aromatic heterocycles. The molecule has 0 amide bonds. The van der Waals surface area contributed by atoms with E-state index in [1.807, 2.05) is 17.4 Å². The second kappa shape index (κ2) is 9.61. The van der Waals surface area contributed by atoms with Gasteiger partial charge in [-0.1, -0.05) is 11.6 Å². The van der Waals surface area contributed by atoms with Crippen molar-refractivity contribution in [1.29, 1.82) is 0 Å². The van der Waals surface area contributed by atoms with E-state index in [2.05, 4.69) is 26.7 Å². The number of benzene rings is 1. The van der Waals surface area contributed by atoms with E-state index in [1.165, 1.54) is 10.4 Å². The van der Waals surface area contributed by atoms with Crippen molar-refractivity contribution in [2.75, 3.05) is 32.1 Å². The normalized spacial score (nSPS) is 14.6.